The summed E-state index contributed by atoms with van der Waals surface area (Å²) in [5.74, 6) is -0.311. The normalized spacial score (nSPS) is 18.4. The molecular weight excluding hydrogens is 260 g/mol. The maximum atomic E-state index is 13.6. The average molecular weight is 275 g/mol. The van der Waals surface area contributed by atoms with Crippen LogP contribution >= 0.6 is 0 Å². The molecule has 1 aliphatic heterocycles. The number of halogens is 2. The maximum absolute atomic E-state index is 13.6. The van der Waals surface area contributed by atoms with Crippen molar-refractivity contribution in [3.05, 3.63) is 65.2 Å². The molecule has 0 fully saturated rings. The van der Waals surface area contributed by atoms with Gasteiger partial charge in [-0.15, -0.1) is 0 Å². The molecule has 3 rings (SSSR count). The van der Waals surface area contributed by atoms with Crippen molar-refractivity contribution in [2.75, 3.05) is 0 Å². The van der Waals surface area contributed by atoms with Crippen molar-refractivity contribution in [3.8, 4) is 5.75 Å². The molecule has 0 saturated carbocycles. The van der Waals surface area contributed by atoms with Gasteiger partial charge in [0, 0.05) is 18.0 Å². The van der Waals surface area contributed by atoms with E-state index in [2.05, 4.69) is 0 Å². The van der Waals surface area contributed by atoms with Gasteiger partial charge in [-0.2, -0.15) is 0 Å². The van der Waals surface area contributed by atoms with Crippen LogP contribution in [0.15, 0.2) is 42.5 Å². The summed E-state index contributed by atoms with van der Waals surface area (Å²) in [5, 5.41) is 0. The molecule has 2 aromatic carbocycles. The Morgan fingerprint density at radius 2 is 1.80 bits per heavy atom. The van der Waals surface area contributed by atoms with Crippen LogP contribution in [-0.4, -0.2) is 12.1 Å². The fourth-order valence-electron chi connectivity index (χ4n) is 2.54. The van der Waals surface area contributed by atoms with Crippen molar-refractivity contribution in [2.24, 2.45) is 5.73 Å². The van der Waals surface area contributed by atoms with Gasteiger partial charge in [0.25, 0.3) is 0 Å². The third-order valence-corrected chi connectivity index (χ3v) is 3.65. The molecule has 4 heteroatoms. The van der Waals surface area contributed by atoms with E-state index in [1.165, 1.54) is 18.2 Å². The molecule has 0 amide bonds. The van der Waals surface area contributed by atoms with Crippen LogP contribution < -0.4 is 10.5 Å². The quantitative estimate of drug-likeness (QED) is 0.935. The smallest absolute Gasteiger partial charge is 0.129 e. The van der Waals surface area contributed by atoms with Gasteiger partial charge in [-0.05, 0) is 30.2 Å². The molecule has 2 atom stereocenters. The Labute approximate surface area is 116 Å². The zero-order valence-corrected chi connectivity index (χ0v) is 10.9. The van der Waals surface area contributed by atoms with Gasteiger partial charge in [-0.25, -0.2) is 8.78 Å². The summed E-state index contributed by atoms with van der Waals surface area (Å²) in [4.78, 5) is 0. The summed E-state index contributed by atoms with van der Waals surface area (Å²) in [7, 11) is 0. The average Bonchev–Trinajstić information content (AvgIpc) is 2.87. The molecule has 0 aliphatic carbocycles. The molecule has 2 aromatic rings. The lowest BCUT2D eigenvalue weighted by Gasteiger charge is -2.19. The van der Waals surface area contributed by atoms with E-state index < -0.39 is 17.7 Å². The third-order valence-electron chi connectivity index (χ3n) is 3.65. The molecule has 0 aromatic heterocycles. The van der Waals surface area contributed by atoms with Crippen LogP contribution in [0.5, 0.6) is 5.75 Å². The molecular formula is C16H15F2NO. The zero-order valence-electron chi connectivity index (χ0n) is 10.9. The Morgan fingerprint density at radius 3 is 2.50 bits per heavy atom. The van der Waals surface area contributed by atoms with Gasteiger partial charge in [0.1, 0.15) is 23.5 Å². The molecule has 0 bridgehead atoms. The summed E-state index contributed by atoms with van der Waals surface area (Å²) in [6.07, 6.45) is 0.552. The van der Waals surface area contributed by atoms with Gasteiger partial charge >= 0.3 is 0 Å². The molecule has 0 radical (unpaired) electrons. The molecule has 2 N–H and O–H groups in total. The molecule has 2 unspecified atom stereocenters. The summed E-state index contributed by atoms with van der Waals surface area (Å²) < 4.78 is 33.0. The third kappa shape index (κ3) is 2.39. The van der Waals surface area contributed by atoms with Crippen molar-refractivity contribution in [1.29, 1.82) is 0 Å². The van der Waals surface area contributed by atoms with E-state index in [1.807, 2.05) is 24.3 Å². The minimum Gasteiger partial charge on any atom is -0.488 e. The van der Waals surface area contributed by atoms with Gasteiger partial charge in [0.15, 0.2) is 0 Å². The molecule has 20 heavy (non-hydrogen) atoms. The predicted octanol–water partition coefficient (Wildman–Crippen LogP) is 2.84. The van der Waals surface area contributed by atoms with E-state index in [0.717, 1.165) is 11.3 Å². The number of ether oxygens (including phenoxy) is 1. The number of rotatable bonds is 3. The first kappa shape index (κ1) is 13.1. The maximum Gasteiger partial charge on any atom is 0.129 e. The number of hydrogen-bond donors (Lipinski definition) is 1. The number of benzene rings is 2. The molecule has 104 valence electrons. The Balaban J connectivity index is 1.74. The number of fused-ring (bicyclic) bond motifs is 1. The van der Waals surface area contributed by atoms with Gasteiger partial charge in [-0.1, -0.05) is 24.3 Å². The molecule has 0 spiro atoms. The Hall–Kier alpha value is -1.94. The van der Waals surface area contributed by atoms with Crippen molar-refractivity contribution < 1.29 is 13.5 Å². The monoisotopic (exact) mass is 275 g/mol. The van der Waals surface area contributed by atoms with Crippen LogP contribution in [-0.2, 0) is 12.8 Å². The van der Waals surface area contributed by atoms with E-state index in [1.54, 1.807) is 0 Å². The molecule has 2 nitrogen and oxygen atoms in total. The summed E-state index contributed by atoms with van der Waals surface area (Å²) >= 11 is 0. The number of hydrogen-bond acceptors (Lipinski definition) is 2. The summed E-state index contributed by atoms with van der Waals surface area (Å²) in [6, 6.07) is 11.1. The summed E-state index contributed by atoms with van der Waals surface area (Å²) in [6.45, 7) is 0. The fourth-order valence-corrected chi connectivity index (χ4v) is 2.54. The van der Waals surface area contributed by atoms with Gasteiger partial charge in [0.2, 0.25) is 0 Å². The van der Waals surface area contributed by atoms with Gasteiger partial charge < -0.3 is 10.5 Å². The topological polar surface area (TPSA) is 35.2 Å². The second-order valence-corrected chi connectivity index (χ2v) is 5.04. The van der Waals surface area contributed by atoms with Crippen LogP contribution in [0.25, 0.3) is 0 Å². The SMILES string of the molecule is NC(Cc1c(F)cccc1F)C1Cc2ccccc2O1. The Kier molecular flexibility index (Phi) is 3.40. The molecule has 1 heterocycles. The van der Waals surface area contributed by atoms with Crippen molar-refractivity contribution >= 4 is 0 Å². The highest BCUT2D eigenvalue weighted by molar-refractivity contribution is 5.37. The van der Waals surface area contributed by atoms with Gasteiger partial charge in [-0.3, -0.25) is 0 Å². The lowest BCUT2D eigenvalue weighted by molar-refractivity contribution is 0.197. The van der Waals surface area contributed by atoms with E-state index in [0.29, 0.717) is 6.42 Å². The number of nitrogens with two attached hydrogens (primary N) is 1. The highest BCUT2D eigenvalue weighted by Crippen LogP contribution is 2.30. The lowest BCUT2D eigenvalue weighted by Crippen LogP contribution is -2.40. The van der Waals surface area contributed by atoms with E-state index in [9.17, 15) is 8.78 Å². The van der Waals surface area contributed by atoms with Crippen LogP contribution in [0.2, 0.25) is 0 Å². The fraction of sp³-hybridized carbons (Fsp3) is 0.250. The van der Waals surface area contributed by atoms with Crippen LogP contribution in [0.3, 0.4) is 0 Å². The first-order chi connectivity index (χ1) is 9.65. The zero-order chi connectivity index (χ0) is 14.1. The first-order valence-electron chi connectivity index (χ1n) is 6.58. The second kappa shape index (κ2) is 5.21. The molecule has 1 aliphatic rings. The highest BCUT2D eigenvalue weighted by Gasteiger charge is 2.29. The lowest BCUT2D eigenvalue weighted by atomic mass is 9.98. The minimum atomic E-state index is -0.559. The Bertz CT molecular complexity index is 584. The first-order valence-corrected chi connectivity index (χ1v) is 6.58. The summed E-state index contributed by atoms with van der Waals surface area (Å²) in [5.41, 5.74) is 7.18. The van der Waals surface area contributed by atoms with Crippen LogP contribution in [0.1, 0.15) is 11.1 Å². The second-order valence-electron chi connectivity index (χ2n) is 5.04. The van der Waals surface area contributed by atoms with Crippen molar-refractivity contribution in [1.82, 2.24) is 0 Å². The van der Waals surface area contributed by atoms with Crippen molar-refractivity contribution in [3.63, 3.8) is 0 Å². The molecule has 0 saturated heterocycles. The highest BCUT2D eigenvalue weighted by atomic mass is 19.1. The van der Waals surface area contributed by atoms with E-state index in [-0.39, 0.29) is 18.1 Å². The Morgan fingerprint density at radius 1 is 1.10 bits per heavy atom. The predicted molar refractivity (Wildman–Crippen MR) is 72.6 cm³/mol. The van der Waals surface area contributed by atoms with E-state index >= 15 is 0 Å². The number of para-hydroxylation sites is 1. The minimum absolute atomic E-state index is 0.0274. The van der Waals surface area contributed by atoms with Crippen molar-refractivity contribution in [2.45, 2.75) is 25.0 Å². The van der Waals surface area contributed by atoms with Crippen LogP contribution in [0.4, 0.5) is 8.78 Å². The van der Waals surface area contributed by atoms with Crippen LogP contribution in [0, 0.1) is 11.6 Å². The van der Waals surface area contributed by atoms with Gasteiger partial charge in [0.05, 0.1) is 0 Å². The standard InChI is InChI=1S/C16H15F2NO/c17-12-5-3-6-13(18)11(12)9-14(19)16-8-10-4-1-2-7-15(10)20-16/h1-7,14,16H,8-9,19H2. The van der Waals surface area contributed by atoms with E-state index in [4.69, 9.17) is 10.5 Å². The largest absolute Gasteiger partial charge is 0.488 e.